The lowest BCUT2D eigenvalue weighted by atomic mass is 9.73. The minimum Gasteiger partial charge on any atom is -0.426 e. The monoisotopic (exact) mass is 388 g/mol. The van der Waals surface area contributed by atoms with Gasteiger partial charge in [-0.25, -0.2) is 13.2 Å². The molecule has 2 nitrogen and oxygen atoms in total. The molecular formula is C22H35F3O2. The number of hydrogen-bond acceptors (Lipinski definition) is 2. The summed E-state index contributed by atoms with van der Waals surface area (Å²) in [5.74, 6) is -2.89. The molecule has 0 unspecified atom stereocenters. The summed E-state index contributed by atoms with van der Waals surface area (Å²) in [5, 5.41) is 0. The van der Waals surface area contributed by atoms with Crippen molar-refractivity contribution in [2.75, 3.05) is 0 Å². The smallest absolute Gasteiger partial charge is 0.314 e. The molecule has 0 heterocycles. The summed E-state index contributed by atoms with van der Waals surface area (Å²) in [7, 11) is 0. The molecule has 0 spiro atoms. The first-order valence-electron chi connectivity index (χ1n) is 9.78. The van der Waals surface area contributed by atoms with Gasteiger partial charge in [0.25, 0.3) is 0 Å². The van der Waals surface area contributed by atoms with Crippen LogP contribution in [0.25, 0.3) is 0 Å². The van der Waals surface area contributed by atoms with Crippen molar-refractivity contribution in [2.45, 2.75) is 72.1 Å². The third kappa shape index (κ3) is 5.73. The average Bonchev–Trinajstić information content (AvgIpc) is 2.62. The van der Waals surface area contributed by atoms with Gasteiger partial charge in [0.15, 0.2) is 17.5 Å². The molecule has 2 aliphatic rings. The van der Waals surface area contributed by atoms with Crippen molar-refractivity contribution in [1.29, 1.82) is 0 Å². The fraction of sp³-hybridized carbons (Fsp3) is 0.682. The van der Waals surface area contributed by atoms with Crippen molar-refractivity contribution in [1.82, 2.24) is 0 Å². The molecule has 0 saturated heterocycles. The van der Waals surface area contributed by atoms with E-state index in [0.717, 1.165) is 37.5 Å². The van der Waals surface area contributed by atoms with E-state index in [0.29, 0.717) is 18.1 Å². The molecule has 2 saturated carbocycles. The third-order valence-corrected chi connectivity index (χ3v) is 6.16. The quantitative estimate of drug-likeness (QED) is 0.311. The second-order valence-corrected chi connectivity index (χ2v) is 8.20. The molecule has 0 radical (unpaired) electrons. The lowest BCUT2D eigenvalue weighted by Crippen LogP contribution is -2.27. The van der Waals surface area contributed by atoms with Crippen LogP contribution in [0.15, 0.2) is 12.1 Å². The normalized spacial score (nSPS) is 28.3. The predicted octanol–water partition coefficient (Wildman–Crippen LogP) is 7.16. The SMILES string of the molecule is C.CC1CCC(CC2CCC(C(=O)Oc3cc(F)c(F)c(F)c3)CC2)CC1.[HH].[HH]. The number of benzene rings is 1. The van der Waals surface area contributed by atoms with Gasteiger partial charge >= 0.3 is 5.97 Å². The molecule has 5 heteroatoms. The Morgan fingerprint density at radius 1 is 0.963 bits per heavy atom. The van der Waals surface area contributed by atoms with Crippen molar-refractivity contribution in [2.24, 2.45) is 23.7 Å². The van der Waals surface area contributed by atoms with E-state index in [1.54, 1.807) is 0 Å². The zero-order valence-corrected chi connectivity index (χ0v) is 15.3. The molecular weight excluding hydrogens is 353 g/mol. The van der Waals surface area contributed by atoms with Gasteiger partial charge in [-0.15, -0.1) is 0 Å². The summed E-state index contributed by atoms with van der Waals surface area (Å²) in [4.78, 5) is 12.2. The highest BCUT2D eigenvalue weighted by Crippen LogP contribution is 2.38. The number of esters is 1. The minimum absolute atomic E-state index is 0. The summed E-state index contributed by atoms with van der Waals surface area (Å²) in [6.45, 7) is 2.33. The fourth-order valence-electron chi connectivity index (χ4n) is 4.46. The lowest BCUT2D eigenvalue weighted by molar-refractivity contribution is -0.140. The predicted molar refractivity (Wildman–Crippen MR) is 104 cm³/mol. The fourth-order valence-corrected chi connectivity index (χ4v) is 4.46. The molecule has 2 aliphatic carbocycles. The van der Waals surface area contributed by atoms with Crippen molar-refractivity contribution in [3.05, 3.63) is 29.6 Å². The van der Waals surface area contributed by atoms with Crippen LogP contribution < -0.4 is 4.74 Å². The van der Waals surface area contributed by atoms with Gasteiger partial charge in [-0.05, 0) is 49.9 Å². The summed E-state index contributed by atoms with van der Waals surface area (Å²) in [6.07, 6.45) is 10.1. The van der Waals surface area contributed by atoms with Crippen LogP contribution >= 0.6 is 0 Å². The maximum atomic E-state index is 13.2. The molecule has 0 atom stereocenters. The van der Waals surface area contributed by atoms with E-state index < -0.39 is 23.4 Å². The molecule has 0 bridgehead atoms. The summed E-state index contributed by atoms with van der Waals surface area (Å²) < 4.78 is 44.5. The van der Waals surface area contributed by atoms with Gasteiger partial charge in [-0.1, -0.05) is 40.0 Å². The maximum Gasteiger partial charge on any atom is 0.314 e. The lowest BCUT2D eigenvalue weighted by Gasteiger charge is -2.32. The van der Waals surface area contributed by atoms with Crippen LogP contribution in [-0.2, 0) is 4.79 Å². The Hall–Kier alpha value is -1.52. The summed E-state index contributed by atoms with van der Waals surface area (Å²) in [6, 6.07) is 1.43. The topological polar surface area (TPSA) is 26.3 Å². The van der Waals surface area contributed by atoms with Crippen LogP contribution in [0.4, 0.5) is 13.2 Å². The molecule has 3 rings (SSSR count). The van der Waals surface area contributed by atoms with Gasteiger partial charge in [-0.2, -0.15) is 0 Å². The van der Waals surface area contributed by atoms with E-state index in [4.69, 9.17) is 4.74 Å². The third-order valence-electron chi connectivity index (χ3n) is 6.16. The van der Waals surface area contributed by atoms with E-state index in [1.165, 1.54) is 32.1 Å². The number of halogens is 3. The van der Waals surface area contributed by atoms with Gasteiger partial charge in [-0.3, -0.25) is 4.79 Å². The van der Waals surface area contributed by atoms with E-state index in [2.05, 4.69) is 6.92 Å². The summed E-state index contributed by atoms with van der Waals surface area (Å²) >= 11 is 0. The van der Waals surface area contributed by atoms with Crippen molar-refractivity contribution in [3.63, 3.8) is 0 Å². The number of hydrogen-bond donors (Lipinski definition) is 0. The van der Waals surface area contributed by atoms with Crippen LogP contribution in [0.3, 0.4) is 0 Å². The number of rotatable bonds is 4. The van der Waals surface area contributed by atoms with Crippen LogP contribution in [0, 0.1) is 41.1 Å². The first kappa shape index (κ1) is 21.8. The van der Waals surface area contributed by atoms with E-state index in [1.807, 2.05) is 0 Å². The molecule has 0 N–H and O–H groups in total. The Kier molecular flexibility index (Phi) is 7.75. The largest absolute Gasteiger partial charge is 0.426 e. The average molecular weight is 389 g/mol. The molecule has 27 heavy (non-hydrogen) atoms. The Bertz CT molecular complexity index is 618. The Balaban J connectivity index is 0.00000261. The molecule has 1 aromatic rings. The number of carbonyl (C=O) groups is 1. The van der Waals surface area contributed by atoms with Crippen LogP contribution in [0.1, 0.15) is 75.0 Å². The van der Waals surface area contributed by atoms with Gasteiger partial charge in [0.05, 0.1) is 5.92 Å². The molecule has 0 amide bonds. The van der Waals surface area contributed by atoms with Gasteiger partial charge < -0.3 is 4.74 Å². The summed E-state index contributed by atoms with van der Waals surface area (Å²) in [5.41, 5.74) is 0. The van der Waals surface area contributed by atoms with Crippen molar-refractivity contribution < 1.29 is 25.6 Å². The molecule has 1 aromatic carbocycles. The molecule has 0 aromatic heterocycles. The van der Waals surface area contributed by atoms with E-state index >= 15 is 0 Å². The maximum absolute atomic E-state index is 13.2. The second kappa shape index (κ2) is 9.61. The number of ether oxygens (including phenoxy) is 1. The minimum atomic E-state index is -1.55. The second-order valence-electron chi connectivity index (χ2n) is 8.20. The van der Waals surface area contributed by atoms with E-state index in [9.17, 15) is 18.0 Å². The van der Waals surface area contributed by atoms with Crippen molar-refractivity contribution >= 4 is 5.97 Å². The highest BCUT2D eigenvalue weighted by atomic mass is 19.2. The number of carbonyl (C=O) groups excluding carboxylic acids is 1. The molecule has 0 aliphatic heterocycles. The highest BCUT2D eigenvalue weighted by Gasteiger charge is 2.30. The van der Waals surface area contributed by atoms with Crippen LogP contribution in [-0.4, -0.2) is 5.97 Å². The van der Waals surface area contributed by atoms with E-state index in [-0.39, 0.29) is 21.9 Å². The Morgan fingerprint density at radius 3 is 1.96 bits per heavy atom. The molecule has 2 fully saturated rings. The van der Waals surface area contributed by atoms with Crippen LogP contribution in [0.2, 0.25) is 0 Å². The first-order chi connectivity index (χ1) is 12.4. The van der Waals surface area contributed by atoms with Gasteiger partial charge in [0, 0.05) is 15.0 Å². The Labute approximate surface area is 163 Å². The Morgan fingerprint density at radius 2 is 1.44 bits per heavy atom. The first-order valence-corrected chi connectivity index (χ1v) is 9.78. The zero-order chi connectivity index (χ0) is 18.7. The van der Waals surface area contributed by atoms with Crippen molar-refractivity contribution in [3.8, 4) is 5.75 Å². The highest BCUT2D eigenvalue weighted by molar-refractivity contribution is 5.75. The van der Waals surface area contributed by atoms with Crippen LogP contribution in [0.5, 0.6) is 5.75 Å². The van der Waals surface area contributed by atoms with Gasteiger partial charge in [0.1, 0.15) is 5.75 Å². The zero-order valence-electron chi connectivity index (χ0n) is 15.3. The molecule has 156 valence electrons. The standard InChI is InChI=1S/C21H27F3O2.CH4.2H2/c1-13-2-4-14(5-3-13)10-15-6-8-16(9-7-15)21(25)26-17-11-18(22)20(24)19(23)12-17;;;/h11-16H,2-10H2,1H3;1H4;2*1H. The van der Waals surface area contributed by atoms with Gasteiger partial charge in [0.2, 0.25) is 0 Å².